The van der Waals surface area contributed by atoms with Gasteiger partial charge in [0.05, 0.1) is 45.9 Å². The van der Waals surface area contributed by atoms with Crippen molar-refractivity contribution in [3.8, 4) is 6.07 Å². The Morgan fingerprint density at radius 1 is 1.07 bits per heavy atom. The van der Waals surface area contributed by atoms with Gasteiger partial charge in [-0.15, -0.1) is 5.10 Å². The fourth-order valence-electron chi connectivity index (χ4n) is 4.00. The monoisotopic (exact) mass is 585 g/mol. The van der Waals surface area contributed by atoms with Gasteiger partial charge in [0.2, 0.25) is 5.95 Å². The maximum absolute atomic E-state index is 13.8. The van der Waals surface area contributed by atoms with Crippen molar-refractivity contribution in [2.45, 2.75) is 25.2 Å². The summed E-state index contributed by atoms with van der Waals surface area (Å²) in [6.45, 7) is 0.963. The zero-order valence-corrected chi connectivity index (χ0v) is 21.6. The maximum atomic E-state index is 13.8. The van der Waals surface area contributed by atoms with Crippen LogP contribution in [0.4, 0.5) is 39.0 Å². The lowest BCUT2D eigenvalue weighted by molar-refractivity contribution is -0.165. The molecule has 0 radical (unpaired) electrons. The van der Waals surface area contributed by atoms with E-state index in [9.17, 15) is 27.2 Å². The third kappa shape index (κ3) is 5.71. The van der Waals surface area contributed by atoms with Gasteiger partial charge in [-0.25, -0.2) is 14.1 Å². The van der Waals surface area contributed by atoms with E-state index in [0.29, 0.717) is 16.6 Å². The van der Waals surface area contributed by atoms with Crippen molar-refractivity contribution in [3.63, 3.8) is 0 Å². The van der Waals surface area contributed by atoms with Crippen LogP contribution in [0.3, 0.4) is 0 Å². The van der Waals surface area contributed by atoms with Gasteiger partial charge in [0.1, 0.15) is 17.8 Å². The highest BCUT2D eigenvalue weighted by atomic mass is 35.5. The highest BCUT2D eigenvalue weighted by molar-refractivity contribution is 6.36. The van der Waals surface area contributed by atoms with Crippen LogP contribution in [0.15, 0.2) is 61.3 Å². The Morgan fingerprint density at radius 2 is 1.88 bits per heavy atom. The SMILES string of the molecule is CC(n1cc([C@@H](Nc2cc(Cl)c3ncc(C#N)c(Nc4cnc(F)c(F)c4)c3c2)c2cccnc2)nn1)C(F)(F)F. The highest BCUT2D eigenvalue weighted by Crippen LogP contribution is 2.37. The van der Waals surface area contributed by atoms with Gasteiger partial charge < -0.3 is 10.6 Å². The number of nitrogens with one attached hydrogen (secondary N) is 2. The summed E-state index contributed by atoms with van der Waals surface area (Å²) in [5.74, 6) is -2.48. The van der Waals surface area contributed by atoms with E-state index >= 15 is 0 Å². The van der Waals surface area contributed by atoms with E-state index < -0.39 is 30.0 Å². The van der Waals surface area contributed by atoms with E-state index in [1.165, 1.54) is 30.9 Å². The molecule has 208 valence electrons. The van der Waals surface area contributed by atoms with Crippen molar-refractivity contribution in [2.24, 2.45) is 0 Å². The molecule has 4 heterocycles. The number of anilines is 3. The maximum Gasteiger partial charge on any atom is 0.410 e. The molecule has 9 nitrogen and oxygen atoms in total. The van der Waals surface area contributed by atoms with Crippen molar-refractivity contribution in [2.75, 3.05) is 10.6 Å². The predicted molar refractivity (Wildman–Crippen MR) is 139 cm³/mol. The molecule has 5 rings (SSSR count). The molecular weight excluding hydrogens is 569 g/mol. The second-order valence-corrected chi connectivity index (χ2v) is 9.25. The van der Waals surface area contributed by atoms with Gasteiger partial charge in [-0.3, -0.25) is 9.97 Å². The molecule has 4 aromatic heterocycles. The van der Waals surface area contributed by atoms with Gasteiger partial charge in [-0.2, -0.15) is 22.8 Å². The van der Waals surface area contributed by atoms with E-state index in [2.05, 4.69) is 35.9 Å². The number of hydrogen-bond acceptors (Lipinski definition) is 8. The lowest BCUT2D eigenvalue weighted by Gasteiger charge is -2.20. The number of pyridine rings is 3. The number of fused-ring (bicyclic) bond motifs is 1. The number of nitrogens with zero attached hydrogens (tertiary/aromatic N) is 7. The minimum Gasteiger partial charge on any atom is -0.373 e. The number of nitriles is 1. The zero-order valence-electron chi connectivity index (χ0n) is 20.8. The Labute approximate surface area is 233 Å². The predicted octanol–water partition coefficient (Wildman–Crippen LogP) is 6.49. The van der Waals surface area contributed by atoms with E-state index in [1.54, 1.807) is 18.2 Å². The normalized spacial score (nSPS) is 13.0. The minimum atomic E-state index is -4.54. The summed E-state index contributed by atoms with van der Waals surface area (Å²) in [7, 11) is 0. The first kappa shape index (κ1) is 27.7. The molecule has 0 aliphatic carbocycles. The molecule has 2 atom stereocenters. The van der Waals surface area contributed by atoms with Crippen LogP contribution in [0.25, 0.3) is 10.9 Å². The molecule has 0 aliphatic heterocycles. The zero-order chi connectivity index (χ0) is 29.3. The molecule has 1 unspecified atom stereocenters. The molecule has 0 aliphatic rings. The second kappa shape index (κ2) is 10.9. The second-order valence-electron chi connectivity index (χ2n) is 8.84. The van der Waals surface area contributed by atoms with Gasteiger partial charge in [-0.1, -0.05) is 22.9 Å². The van der Waals surface area contributed by atoms with E-state index in [1.807, 2.05) is 6.07 Å². The number of benzene rings is 1. The molecule has 0 bridgehead atoms. The standard InChI is InChI=1S/C26H17ClF5N9/c1-13(26(30,31)32)41-12-21(39-40-41)23(14-3-2-4-34-9-14)37-16-5-18-22(38-17-7-20(28)25(29)36-11-17)15(8-33)10-35-24(18)19(27)6-16/h2-7,9-13,23,37H,1H3,(H,35,38)/t13?,23-/m0/s1. The number of rotatable bonds is 7. The van der Waals surface area contributed by atoms with Gasteiger partial charge in [0, 0.05) is 35.7 Å². The Morgan fingerprint density at radius 3 is 2.56 bits per heavy atom. The number of aromatic nitrogens is 6. The van der Waals surface area contributed by atoms with Crippen LogP contribution in [-0.4, -0.2) is 36.1 Å². The van der Waals surface area contributed by atoms with Gasteiger partial charge in [0.15, 0.2) is 5.82 Å². The summed E-state index contributed by atoms with van der Waals surface area (Å²) < 4.78 is 67.8. The van der Waals surface area contributed by atoms with Gasteiger partial charge in [-0.05, 0) is 30.7 Å². The molecule has 15 heteroatoms. The van der Waals surface area contributed by atoms with Crippen molar-refractivity contribution in [1.29, 1.82) is 5.26 Å². The first-order valence-electron chi connectivity index (χ1n) is 11.8. The Balaban J connectivity index is 1.59. The molecule has 0 spiro atoms. The van der Waals surface area contributed by atoms with Crippen LogP contribution in [-0.2, 0) is 0 Å². The fourth-order valence-corrected chi connectivity index (χ4v) is 4.27. The van der Waals surface area contributed by atoms with E-state index in [0.717, 1.165) is 23.9 Å². The van der Waals surface area contributed by atoms with Crippen LogP contribution in [0.5, 0.6) is 0 Å². The molecular formula is C26H17ClF5N9. The van der Waals surface area contributed by atoms with Crippen molar-refractivity contribution >= 4 is 39.6 Å². The summed E-state index contributed by atoms with van der Waals surface area (Å²) in [4.78, 5) is 11.7. The van der Waals surface area contributed by atoms with Crippen molar-refractivity contribution < 1.29 is 22.0 Å². The third-order valence-electron chi connectivity index (χ3n) is 6.13. The number of hydrogen-bond donors (Lipinski definition) is 2. The molecule has 0 fully saturated rings. The Hall–Kier alpha value is -4.90. The number of halogens is 6. The van der Waals surface area contributed by atoms with Crippen molar-refractivity contribution in [1.82, 2.24) is 29.9 Å². The molecule has 1 aromatic carbocycles. The lowest BCUT2D eigenvalue weighted by Crippen LogP contribution is -2.24. The average molecular weight is 586 g/mol. The molecule has 0 saturated heterocycles. The van der Waals surface area contributed by atoms with Gasteiger partial charge in [0.25, 0.3) is 0 Å². The Kier molecular flexibility index (Phi) is 7.38. The van der Waals surface area contributed by atoms with E-state index in [4.69, 9.17) is 11.6 Å². The van der Waals surface area contributed by atoms with Crippen LogP contribution in [0.1, 0.15) is 35.8 Å². The first-order chi connectivity index (χ1) is 19.5. The summed E-state index contributed by atoms with van der Waals surface area (Å²) in [5.41, 5.74) is 1.72. The topological polar surface area (TPSA) is 117 Å². The summed E-state index contributed by atoms with van der Waals surface area (Å²) in [6, 6.07) is 6.64. The number of alkyl halides is 3. The third-order valence-corrected chi connectivity index (χ3v) is 6.42. The molecule has 2 N–H and O–H groups in total. The van der Waals surface area contributed by atoms with Crippen LogP contribution in [0.2, 0.25) is 5.02 Å². The summed E-state index contributed by atoms with van der Waals surface area (Å²) >= 11 is 6.55. The highest BCUT2D eigenvalue weighted by Gasteiger charge is 2.38. The largest absolute Gasteiger partial charge is 0.410 e. The quantitative estimate of drug-likeness (QED) is 0.164. The van der Waals surface area contributed by atoms with Crippen LogP contribution >= 0.6 is 11.6 Å². The molecule has 0 amide bonds. The van der Waals surface area contributed by atoms with Crippen LogP contribution in [0, 0.1) is 23.1 Å². The first-order valence-corrected chi connectivity index (χ1v) is 12.2. The molecule has 5 aromatic rings. The molecule has 41 heavy (non-hydrogen) atoms. The van der Waals surface area contributed by atoms with Crippen LogP contribution < -0.4 is 10.6 Å². The summed E-state index contributed by atoms with van der Waals surface area (Å²) in [6.07, 6.45) is 2.03. The average Bonchev–Trinajstić information content (AvgIpc) is 3.43. The van der Waals surface area contributed by atoms with Gasteiger partial charge >= 0.3 is 6.18 Å². The Bertz CT molecular complexity index is 1770. The smallest absolute Gasteiger partial charge is 0.373 e. The van der Waals surface area contributed by atoms with Crippen molar-refractivity contribution in [3.05, 3.63) is 94.9 Å². The van der Waals surface area contributed by atoms with E-state index in [-0.39, 0.29) is 33.2 Å². The fraction of sp³-hybridized carbons (Fsp3) is 0.154. The molecule has 0 saturated carbocycles. The lowest BCUT2D eigenvalue weighted by atomic mass is 10.0. The minimum absolute atomic E-state index is 0.0611. The summed E-state index contributed by atoms with van der Waals surface area (Å²) in [5, 5.41) is 23.9.